The van der Waals surface area contributed by atoms with Crippen LogP contribution in [0.3, 0.4) is 0 Å². The van der Waals surface area contributed by atoms with Crippen molar-refractivity contribution in [2.45, 2.75) is 19.4 Å². The Morgan fingerprint density at radius 1 is 0.889 bits per heavy atom. The molecule has 0 saturated carbocycles. The Morgan fingerprint density at radius 2 is 1.56 bits per heavy atom. The van der Waals surface area contributed by atoms with Crippen LogP contribution >= 0.6 is 17.2 Å². The maximum atomic E-state index is 12.4. The van der Waals surface area contributed by atoms with Crippen LogP contribution in [0.4, 0.5) is 9.59 Å². The van der Waals surface area contributed by atoms with Gasteiger partial charge in [-0.2, -0.15) is 0 Å². The molecule has 3 heterocycles. The molecule has 45 heavy (non-hydrogen) atoms. The van der Waals surface area contributed by atoms with E-state index in [9.17, 15) is 19.2 Å². The minimum atomic E-state index is -0.567. The van der Waals surface area contributed by atoms with Crippen LogP contribution in [0.25, 0.3) is 33.6 Å². The Kier molecular flexibility index (Phi) is 10.2. The lowest BCUT2D eigenvalue weighted by Gasteiger charge is -2.22. The van der Waals surface area contributed by atoms with Crippen molar-refractivity contribution in [3.63, 3.8) is 0 Å². The predicted molar refractivity (Wildman–Crippen MR) is 172 cm³/mol. The number of amides is 2. The SMILES string of the molecule is COC(=O)NCCC(=O)Pc1ncc(-c2ccc3c(c2)COc2cc(-c4cnc(PC(=O)CCNC(=O)OC)n4C)ccc2-3)[nH]1. The van der Waals surface area contributed by atoms with Gasteiger partial charge in [0.1, 0.15) is 23.5 Å². The monoisotopic (exact) mass is 650 g/mol. The average Bonchev–Trinajstić information content (AvgIpc) is 3.66. The standard InChI is InChI=1S/C30H32N6O7P2/c1-36-23(15-34-28(36)45-26(38)9-11-32-30(40)42-3)18-5-7-21-20-6-4-17(12-19(20)16-43-24(21)13-18)22-14-33-27(35-22)44-25(37)8-10-31-29(39)41-2/h4-7,12-15,44-45H,8-11,16H2,1-3H3,(H,31,39)(H,32,40)(H,33,35). The number of hydrogen-bond donors (Lipinski definition) is 3. The molecule has 0 aliphatic carbocycles. The van der Waals surface area contributed by atoms with Gasteiger partial charge in [0.25, 0.3) is 0 Å². The Labute approximate surface area is 262 Å². The molecule has 0 saturated heterocycles. The van der Waals surface area contributed by atoms with Gasteiger partial charge in [-0.1, -0.05) is 18.2 Å². The molecule has 2 atom stereocenters. The number of ether oxygens (including phenoxy) is 3. The highest BCUT2D eigenvalue weighted by Gasteiger charge is 2.21. The molecule has 2 aromatic heterocycles. The summed E-state index contributed by atoms with van der Waals surface area (Å²) in [6.07, 6.45) is 2.72. The van der Waals surface area contributed by atoms with Crippen LogP contribution in [0.15, 0.2) is 48.8 Å². The fourth-order valence-corrected chi connectivity index (χ4v) is 6.49. The molecule has 15 heteroatoms. The van der Waals surface area contributed by atoms with Crippen LogP contribution < -0.4 is 26.5 Å². The second-order valence-corrected chi connectivity index (χ2v) is 12.5. The van der Waals surface area contributed by atoms with Crippen LogP contribution in [-0.2, 0) is 32.7 Å². The molecule has 1 aliphatic rings. The third-order valence-electron chi connectivity index (χ3n) is 7.05. The summed E-state index contributed by atoms with van der Waals surface area (Å²) in [6.45, 7) is 0.813. The minimum absolute atomic E-state index is 0.0123. The number of nitrogens with zero attached hydrogens (tertiary/aromatic N) is 3. The molecule has 13 nitrogen and oxygen atoms in total. The van der Waals surface area contributed by atoms with Crippen molar-refractivity contribution in [1.82, 2.24) is 30.2 Å². The lowest BCUT2D eigenvalue weighted by Crippen LogP contribution is -2.25. The second-order valence-electron chi connectivity index (χ2n) is 9.98. The van der Waals surface area contributed by atoms with Gasteiger partial charge in [0.05, 0.1) is 38.0 Å². The first-order valence-corrected chi connectivity index (χ1v) is 16.0. The van der Waals surface area contributed by atoms with E-state index in [1.807, 2.05) is 35.9 Å². The van der Waals surface area contributed by atoms with Crippen LogP contribution in [0.5, 0.6) is 5.75 Å². The lowest BCUT2D eigenvalue weighted by molar-refractivity contribution is -0.111. The molecular weight excluding hydrogens is 618 g/mol. The molecule has 0 bridgehead atoms. The normalized spacial score (nSPS) is 12.1. The quantitative estimate of drug-likeness (QED) is 0.195. The number of imidazole rings is 2. The Bertz CT molecular complexity index is 1750. The predicted octanol–water partition coefficient (Wildman–Crippen LogP) is 3.19. The smallest absolute Gasteiger partial charge is 0.406 e. The van der Waals surface area contributed by atoms with Crippen molar-refractivity contribution in [1.29, 1.82) is 0 Å². The number of H-pyrrole nitrogens is 1. The highest BCUT2D eigenvalue weighted by atomic mass is 31.1. The summed E-state index contributed by atoms with van der Waals surface area (Å²) < 4.78 is 17.1. The van der Waals surface area contributed by atoms with E-state index in [1.54, 1.807) is 12.4 Å². The first-order valence-electron chi connectivity index (χ1n) is 14.0. The number of benzene rings is 2. The molecule has 0 fully saturated rings. The van der Waals surface area contributed by atoms with Gasteiger partial charge in [-0.3, -0.25) is 9.59 Å². The molecule has 0 radical (unpaired) electrons. The number of hydrogen-bond acceptors (Lipinski definition) is 9. The number of methoxy groups -OCH3 is 2. The van der Waals surface area contributed by atoms with E-state index in [4.69, 9.17) is 4.74 Å². The Hall–Kier alpha value is -4.60. The number of carbonyl (C=O) groups is 4. The third-order valence-corrected chi connectivity index (χ3v) is 9.29. The zero-order valence-corrected chi connectivity index (χ0v) is 26.9. The van der Waals surface area contributed by atoms with E-state index in [1.165, 1.54) is 14.2 Å². The number of fused-ring (bicyclic) bond motifs is 3. The zero-order chi connectivity index (χ0) is 31.9. The topological polar surface area (TPSA) is 167 Å². The number of aromatic nitrogens is 4. The molecule has 3 N–H and O–H groups in total. The Morgan fingerprint density at radius 3 is 2.27 bits per heavy atom. The molecule has 234 valence electrons. The van der Waals surface area contributed by atoms with E-state index in [2.05, 4.69) is 47.2 Å². The van der Waals surface area contributed by atoms with Crippen molar-refractivity contribution >= 4 is 51.5 Å². The number of alkyl carbamates (subject to hydrolysis) is 2. The maximum Gasteiger partial charge on any atom is 0.406 e. The molecular formula is C30H32N6O7P2. The van der Waals surface area contributed by atoms with E-state index in [0.29, 0.717) is 17.7 Å². The maximum absolute atomic E-state index is 12.4. The molecule has 4 aromatic rings. The first-order chi connectivity index (χ1) is 21.7. The van der Waals surface area contributed by atoms with Gasteiger partial charge in [0.15, 0.2) is 11.0 Å². The lowest BCUT2D eigenvalue weighted by atomic mass is 9.93. The molecule has 1 aliphatic heterocycles. The van der Waals surface area contributed by atoms with Gasteiger partial charge in [-0.25, -0.2) is 19.6 Å². The summed E-state index contributed by atoms with van der Waals surface area (Å²) >= 11 is 0. The number of aromatic amines is 1. The minimum Gasteiger partial charge on any atom is -0.488 e. The first kappa shape index (κ1) is 31.8. The van der Waals surface area contributed by atoms with Crippen molar-refractivity contribution in [2.75, 3.05) is 27.3 Å². The third kappa shape index (κ3) is 7.74. The van der Waals surface area contributed by atoms with Gasteiger partial charge in [0, 0.05) is 61.3 Å². The van der Waals surface area contributed by atoms with Crippen LogP contribution in [0, 0.1) is 0 Å². The van der Waals surface area contributed by atoms with E-state index < -0.39 is 12.2 Å². The fraction of sp³-hybridized carbons (Fsp3) is 0.267. The second kappa shape index (κ2) is 14.5. The molecule has 2 amide bonds. The van der Waals surface area contributed by atoms with Gasteiger partial charge in [-0.05, 0) is 34.9 Å². The van der Waals surface area contributed by atoms with Crippen LogP contribution in [0.1, 0.15) is 18.4 Å². The van der Waals surface area contributed by atoms with Crippen LogP contribution in [-0.4, -0.2) is 70.1 Å². The van der Waals surface area contributed by atoms with Crippen molar-refractivity contribution in [2.24, 2.45) is 7.05 Å². The van der Waals surface area contributed by atoms with Crippen LogP contribution in [0.2, 0.25) is 0 Å². The highest BCUT2D eigenvalue weighted by Crippen LogP contribution is 2.41. The van der Waals surface area contributed by atoms with E-state index in [0.717, 1.165) is 45.0 Å². The number of rotatable bonds is 12. The van der Waals surface area contributed by atoms with Gasteiger partial charge >= 0.3 is 12.2 Å². The zero-order valence-electron chi connectivity index (χ0n) is 24.9. The summed E-state index contributed by atoms with van der Waals surface area (Å²) in [5, 5.41) is 5.01. The van der Waals surface area contributed by atoms with Gasteiger partial charge in [0.2, 0.25) is 0 Å². The van der Waals surface area contributed by atoms with E-state index >= 15 is 0 Å². The van der Waals surface area contributed by atoms with Crippen molar-refractivity contribution in [3.8, 4) is 39.4 Å². The highest BCUT2D eigenvalue weighted by molar-refractivity contribution is 7.65. The average molecular weight is 651 g/mol. The molecule has 2 unspecified atom stereocenters. The summed E-state index contributed by atoms with van der Waals surface area (Å²) in [5.74, 6) is 0.758. The van der Waals surface area contributed by atoms with E-state index in [-0.39, 0.29) is 54.1 Å². The largest absolute Gasteiger partial charge is 0.488 e. The van der Waals surface area contributed by atoms with Crippen molar-refractivity contribution in [3.05, 3.63) is 54.4 Å². The van der Waals surface area contributed by atoms with Gasteiger partial charge < -0.3 is 34.4 Å². The summed E-state index contributed by atoms with van der Waals surface area (Å²) in [6, 6.07) is 12.1. The Balaban J connectivity index is 1.24. The van der Waals surface area contributed by atoms with Gasteiger partial charge in [-0.15, -0.1) is 0 Å². The fourth-order valence-electron chi connectivity index (χ4n) is 4.73. The summed E-state index contributed by atoms with van der Waals surface area (Å²) in [4.78, 5) is 59.1. The molecule has 2 aromatic carbocycles. The molecule has 5 rings (SSSR count). The number of nitrogens with one attached hydrogen (secondary N) is 3. The molecule has 0 spiro atoms. The van der Waals surface area contributed by atoms with Crippen molar-refractivity contribution < 1.29 is 33.4 Å². The summed E-state index contributed by atoms with van der Waals surface area (Å²) in [5.41, 5.74) is 7.78. The number of carbonyl (C=O) groups excluding carboxylic acids is 4. The summed E-state index contributed by atoms with van der Waals surface area (Å²) in [7, 11) is 4.14.